The molecular formula is C24H27ClF3N3O3. The lowest BCUT2D eigenvalue weighted by Crippen LogP contribution is -2.41. The zero-order chi connectivity index (χ0) is 25.3. The van der Waals surface area contributed by atoms with Gasteiger partial charge in [0.2, 0.25) is 0 Å². The highest BCUT2D eigenvalue weighted by Gasteiger charge is 2.49. The molecule has 1 unspecified atom stereocenters. The van der Waals surface area contributed by atoms with Gasteiger partial charge in [0.15, 0.2) is 0 Å². The summed E-state index contributed by atoms with van der Waals surface area (Å²) in [6.07, 6.45) is 0. The summed E-state index contributed by atoms with van der Waals surface area (Å²) in [6, 6.07) is 6.26. The number of nitrogens with one attached hydrogen (secondary N) is 1. The normalized spacial score (nSPS) is 13.2. The summed E-state index contributed by atoms with van der Waals surface area (Å²) < 4.78 is 55.3. The van der Waals surface area contributed by atoms with Crippen molar-refractivity contribution >= 4 is 28.3 Å². The number of aromatic nitrogens is 2. The van der Waals surface area contributed by atoms with Crippen LogP contribution in [0.2, 0.25) is 5.02 Å². The molecule has 184 valence electrons. The summed E-state index contributed by atoms with van der Waals surface area (Å²) in [5, 5.41) is 13.9. The second-order valence-corrected chi connectivity index (χ2v) is 8.88. The minimum absolute atomic E-state index is 0.00336. The third-order valence-electron chi connectivity index (χ3n) is 5.36. The maximum absolute atomic E-state index is 15.2. The first-order chi connectivity index (χ1) is 15.9. The Labute approximate surface area is 201 Å². The molecule has 1 atom stereocenters. The van der Waals surface area contributed by atoms with Crippen molar-refractivity contribution < 1.29 is 27.8 Å². The van der Waals surface area contributed by atoms with E-state index in [1.54, 1.807) is 33.1 Å². The van der Waals surface area contributed by atoms with Crippen molar-refractivity contribution in [3.63, 3.8) is 0 Å². The number of aliphatic hydroxyl groups is 1. The quantitative estimate of drug-likeness (QED) is 0.364. The second kappa shape index (κ2) is 9.93. The number of ether oxygens (including phenoxy) is 2. The Hall–Kier alpha value is -2.62. The molecule has 0 saturated carbocycles. The molecule has 6 nitrogen and oxygen atoms in total. The minimum Gasteiger partial charge on any atom is -0.490 e. The van der Waals surface area contributed by atoms with E-state index in [4.69, 9.17) is 21.1 Å². The van der Waals surface area contributed by atoms with E-state index in [1.807, 2.05) is 0 Å². The molecule has 0 amide bonds. The smallest absolute Gasteiger partial charge is 0.303 e. The summed E-state index contributed by atoms with van der Waals surface area (Å²) in [7, 11) is 1.55. The number of alkyl halides is 2. The van der Waals surface area contributed by atoms with E-state index < -0.39 is 28.9 Å². The first kappa shape index (κ1) is 26.0. The molecule has 2 N–H and O–H groups in total. The number of methoxy groups -OCH3 is 1. The summed E-state index contributed by atoms with van der Waals surface area (Å²) in [5.74, 6) is -3.70. The fourth-order valence-electron chi connectivity index (χ4n) is 3.44. The average molecular weight is 498 g/mol. The fraction of sp³-hybridized carbons (Fsp3) is 0.417. The van der Waals surface area contributed by atoms with Crippen molar-refractivity contribution in [3.8, 4) is 5.75 Å². The van der Waals surface area contributed by atoms with Gasteiger partial charge in [-0.1, -0.05) is 23.7 Å². The zero-order valence-corrected chi connectivity index (χ0v) is 20.3. The van der Waals surface area contributed by atoms with Crippen molar-refractivity contribution in [1.29, 1.82) is 0 Å². The number of aryl methyl sites for hydroxylation is 1. The van der Waals surface area contributed by atoms with Crippen molar-refractivity contribution in [3.05, 3.63) is 58.1 Å². The maximum Gasteiger partial charge on any atom is 0.303 e. The molecule has 1 heterocycles. The van der Waals surface area contributed by atoms with Gasteiger partial charge in [-0.05, 0) is 45.9 Å². The van der Waals surface area contributed by atoms with Gasteiger partial charge in [0, 0.05) is 18.1 Å². The summed E-state index contributed by atoms with van der Waals surface area (Å²) in [6.45, 7) is 5.84. The number of halogens is 4. The number of hydrogen-bond donors (Lipinski definition) is 2. The Morgan fingerprint density at radius 3 is 2.53 bits per heavy atom. The second-order valence-electron chi connectivity index (χ2n) is 8.47. The van der Waals surface area contributed by atoms with Crippen LogP contribution in [-0.2, 0) is 10.7 Å². The van der Waals surface area contributed by atoms with Crippen LogP contribution in [0.5, 0.6) is 5.75 Å². The lowest BCUT2D eigenvalue weighted by molar-refractivity contribution is -0.170. The first-order valence-corrected chi connectivity index (χ1v) is 11.0. The lowest BCUT2D eigenvalue weighted by atomic mass is 9.91. The molecule has 0 bridgehead atoms. The van der Waals surface area contributed by atoms with Crippen LogP contribution in [0.3, 0.4) is 0 Å². The fourth-order valence-corrected chi connectivity index (χ4v) is 3.65. The SMILES string of the molecule is COCCOc1cc2c(NC(C)c3cccc(C(F)(F)C(C)(C)O)c3F)nc(C)nc2cc1Cl. The molecule has 0 radical (unpaired) electrons. The van der Waals surface area contributed by atoms with Gasteiger partial charge in [-0.25, -0.2) is 14.4 Å². The predicted octanol–water partition coefficient (Wildman–Crippen LogP) is 5.79. The van der Waals surface area contributed by atoms with E-state index in [9.17, 15) is 13.9 Å². The van der Waals surface area contributed by atoms with Gasteiger partial charge in [0.1, 0.15) is 35.4 Å². The van der Waals surface area contributed by atoms with Crippen LogP contribution in [0, 0.1) is 12.7 Å². The molecular weight excluding hydrogens is 471 g/mol. The molecule has 0 aliphatic carbocycles. The maximum atomic E-state index is 15.2. The van der Waals surface area contributed by atoms with Crippen molar-refractivity contribution in [1.82, 2.24) is 9.97 Å². The molecule has 3 aromatic rings. The molecule has 10 heteroatoms. The van der Waals surface area contributed by atoms with Crippen LogP contribution in [-0.4, -0.2) is 41.0 Å². The van der Waals surface area contributed by atoms with Crippen LogP contribution in [0.4, 0.5) is 19.0 Å². The van der Waals surface area contributed by atoms with Gasteiger partial charge >= 0.3 is 5.92 Å². The molecule has 2 aromatic carbocycles. The van der Waals surface area contributed by atoms with Crippen LogP contribution in [0.1, 0.15) is 43.8 Å². The number of nitrogens with zero attached hydrogens (tertiary/aromatic N) is 2. The standard InChI is InChI=1S/C24H27ClF3N3O3/c1-13(15-7-6-8-17(21(15)26)24(27,28)23(3,4)32)29-22-16-11-20(34-10-9-33-5)18(25)12-19(16)30-14(2)31-22/h6-8,11-13,32H,9-10H2,1-5H3,(H,29,30,31). The Morgan fingerprint density at radius 2 is 1.88 bits per heavy atom. The highest BCUT2D eigenvalue weighted by Crippen LogP contribution is 2.41. The summed E-state index contributed by atoms with van der Waals surface area (Å²) >= 11 is 6.32. The van der Waals surface area contributed by atoms with Crippen molar-refractivity contribution in [2.75, 3.05) is 25.6 Å². The minimum atomic E-state index is -3.80. The highest BCUT2D eigenvalue weighted by molar-refractivity contribution is 6.32. The van der Waals surface area contributed by atoms with Gasteiger partial charge in [0.05, 0.1) is 28.8 Å². The number of fused-ring (bicyclic) bond motifs is 1. The summed E-state index contributed by atoms with van der Waals surface area (Å²) in [5.41, 5.74) is -2.79. The van der Waals surface area contributed by atoms with Gasteiger partial charge in [-0.15, -0.1) is 0 Å². The largest absolute Gasteiger partial charge is 0.490 e. The Kier molecular flexibility index (Phi) is 7.59. The third-order valence-corrected chi connectivity index (χ3v) is 5.66. The van der Waals surface area contributed by atoms with Gasteiger partial charge in [-0.3, -0.25) is 0 Å². The lowest BCUT2D eigenvalue weighted by Gasteiger charge is -2.30. The molecule has 34 heavy (non-hydrogen) atoms. The molecule has 0 fully saturated rings. The number of benzene rings is 2. The molecule has 3 rings (SSSR count). The average Bonchev–Trinajstić information content (AvgIpc) is 2.73. The van der Waals surface area contributed by atoms with Crippen molar-refractivity contribution in [2.45, 2.75) is 45.3 Å². The van der Waals surface area contributed by atoms with E-state index in [-0.39, 0.29) is 12.2 Å². The van der Waals surface area contributed by atoms with Crippen molar-refractivity contribution in [2.24, 2.45) is 0 Å². The van der Waals surface area contributed by atoms with Gasteiger partial charge in [0.25, 0.3) is 0 Å². The van der Waals surface area contributed by atoms with E-state index >= 15 is 4.39 Å². The highest BCUT2D eigenvalue weighted by atomic mass is 35.5. The number of rotatable bonds is 9. The Bertz CT molecular complexity index is 1190. The molecule has 0 aliphatic rings. The van der Waals surface area contributed by atoms with Gasteiger partial charge < -0.3 is 19.9 Å². The first-order valence-electron chi connectivity index (χ1n) is 10.6. The molecule has 0 aliphatic heterocycles. The third kappa shape index (κ3) is 5.21. The van der Waals surface area contributed by atoms with E-state index in [2.05, 4.69) is 15.3 Å². The molecule has 0 saturated heterocycles. The van der Waals surface area contributed by atoms with Crippen LogP contribution < -0.4 is 10.1 Å². The Morgan fingerprint density at radius 1 is 1.18 bits per heavy atom. The van der Waals surface area contributed by atoms with Crippen LogP contribution in [0.15, 0.2) is 30.3 Å². The van der Waals surface area contributed by atoms with Crippen LogP contribution in [0.25, 0.3) is 10.9 Å². The predicted molar refractivity (Wildman–Crippen MR) is 125 cm³/mol. The number of hydrogen-bond acceptors (Lipinski definition) is 6. The van der Waals surface area contributed by atoms with Gasteiger partial charge in [-0.2, -0.15) is 8.78 Å². The zero-order valence-electron chi connectivity index (χ0n) is 19.5. The topological polar surface area (TPSA) is 76.5 Å². The summed E-state index contributed by atoms with van der Waals surface area (Å²) in [4.78, 5) is 8.81. The monoisotopic (exact) mass is 497 g/mol. The number of anilines is 1. The molecule has 1 aromatic heterocycles. The molecule has 0 spiro atoms. The van der Waals surface area contributed by atoms with E-state index in [1.165, 1.54) is 12.1 Å². The van der Waals surface area contributed by atoms with E-state index in [0.29, 0.717) is 39.9 Å². The van der Waals surface area contributed by atoms with E-state index in [0.717, 1.165) is 19.9 Å². The Balaban J connectivity index is 2.01. The van der Waals surface area contributed by atoms with Crippen LogP contribution >= 0.6 is 11.6 Å².